The van der Waals surface area contributed by atoms with E-state index >= 15 is 0 Å². The highest BCUT2D eigenvalue weighted by Crippen LogP contribution is 2.20. The lowest BCUT2D eigenvalue weighted by atomic mass is 10.1. The van der Waals surface area contributed by atoms with Gasteiger partial charge in [0, 0.05) is 11.4 Å². The van der Waals surface area contributed by atoms with Crippen molar-refractivity contribution in [3.8, 4) is 11.1 Å². The summed E-state index contributed by atoms with van der Waals surface area (Å²) in [7, 11) is 0. The maximum Gasteiger partial charge on any atom is 0.326 e. The van der Waals surface area contributed by atoms with Gasteiger partial charge in [0.05, 0.1) is 0 Å². The van der Waals surface area contributed by atoms with Gasteiger partial charge in [0.2, 0.25) is 5.96 Å². The molecule has 6 nitrogen and oxygen atoms in total. The number of hydrogen-bond donors (Lipinski definition) is 3. The molecule has 23 heavy (non-hydrogen) atoms. The van der Waals surface area contributed by atoms with E-state index in [1.165, 1.54) is 0 Å². The lowest BCUT2D eigenvalue weighted by molar-refractivity contribution is 0.256. The van der Waals surface area contributed by atoms with Crippen molar-refractivity contribution >= 4 is 23.4 Å². The molecule has 0 saturated carbocycles. The minimum absolute atomic E-state index is 0.0652. The van der Waals surface area contributed by atoms with Crippen LogP contribution in [0.3, 0.4) is 0 Å². The molecule has 0 spiro atoms. The largest absolute Gasteiger partial charge is 0.368 e. The first-order chi connectivity index (χ1) is 11.0. The smallest absolute Gasteiger partial charge is 0.326 e. The quantitative estimate of drug-likeness (QED) is 0.461. The van der Waals surface area contributed by atoms with Crippen molar-refractivity contribution in [3.05, 3.63) is 54.6 Å². The topological polar surface area (TPSA) is 91.9 Å². The number of urea groups is 1. The third-order valence-electron chi connectivity index (χ3n) is 2.85. The summed E-state index contributed by atoms with van der Waals surface area (Å²) in [5, 5.41) is 12.5. The molecule has 2 aromatic carbocycles. The van der Waals surface area contributed by atoms with Gasteiger partial charge in [0.1, 0.15) is 0 Å². The normalized spacial score (nSPS) is 10.8. The summed E-state index contributed by atoms with van der Waals surface area (Å²) in [4.78, 5) is 11.8. The molecule has 2 amide bonds. The number of nitrogens with two attached hydrogens (primary N) is 1. The summed E-state index contributed by atoms with van der Waals surface area (Å²) in [5.41, 5.74) is 9.14. The molecule has 4 N–H and O–H groups in total. The van der Waals surface area contributed by atoms with E-state index in [2.05, 4.69) is 20.8 Å². The number of benzene rings is 2. The molecule has 6 heteroatoms. The number of carbonyl (C=O) groups excluding carboxylic acids is 1. The fourth-order valence-electron chi connectivity index (χ4n) is 1.83. The lowest BCUT2D eigenvalue weighted by Crippen LogP contribution is -2.39. The van der Waals surface area contributed by atoms with E-state index in [0.717, 1.165) is 16.8 Å². The molecule has 0 aliphatic carbocycles. The van der Waals surface area contributed by atoms with Gasteiger partial charge >= 0.3 is 6.03 Å². The number of nitrogens with one attached hydrogen (secondary N) is 2. The van der Waals surface area contributed by atoms with Crippen molar-refractivity contribution in [2.24, 2.45) is 15.9 Å². The van der Waals surface area contributed by atoms with Crippen molar-refractivity contribution < 1.29 is 4.79 Å². The van der Waals surface area contributed by atoms with E-state index in [1.807, 2.05) is 54.6 Å². The molecular weight excluding hydrogens is 290 g/mol. The molecule has 2 rings (SSSR count). The van der Waals surface area contributed by atoms with Gasteiger partial charge in [-0.15, -0.1) is 5.10 Å². The van der Waals surface area contributed by atoms with Crippen LogP contribution in [0.25, 0.3) is 11.1 Å². The van der Waals surface area contributed by atoms with E-state index in [4.69, 9.17) is 5.73 Å². The van der Waals surface area contributed by atoms with Crippen LogP contribution in [0.4, 0.5) is 10.5 Å². The van der Waals surface area contributed by atoms with Crippen LogP contribution in [0.15, 0.2) is 64.8 Å². The Morgan fingerprint density at radius 1 is 0.913 bits per heavy atom. The number of rotatable bonds is 3. The highest BCUT2D eigenvalue weighted by Gasteiger charge is 2.04. The molecule has 118 valence electrons. The zero-order valence-electron chi connectivity index (χ0n) is 13.1. The molecule has 0 atom stereocenters. The monoisotopic (exact) mass is 309 g/mol. The summed E-state index contributed by atoms with van der Waals surface area (Å²) in [6.45, 7) is 3.57. The summed E-state index contributed by atoms with van der Waals surface area (Å²) in [6.07, 6.45) is 0. The first-order valence-electron chi connectivity index (χ1n) is 7.12. The number of amides is 2. The molecular formula is C17H19N5O. The summed E-state index contributed by atoms with van der Waals surface area (Å²) in [5.74, 6) is -0.0652. The maximum absolute atomic E-state index is 11.8. The SMILES string of the molecule is CC(C)=N/N=C(\N)NC(=O)Nc1ccc(-c2ccccc2)cc1. The van der Waals surface area contributed by atoms with E-state index in [1.54, 1.807) is 13.8 Å². The van der Waals surface area contributed by atoms with Gasteiger partial charge in [0.25, 0.3) is 0 Å². The van der Waals surface area contributed by atoms with Crippen molar-refractivity contribution in [2.45, 2.75) is 13.8 Å². The minimum Gasteiger partial charge on any atom is -0.368 e. The van der Waals surface area contributed by atoms with Gasteiger partial charge in [0.15, 0.2) is 0 Å². The summed E-state index contributed by atoms with van der Waals surface area (Å²) in [6, 6.07) is 17.1. The first-order valence-corrected chi connectivity index (χ1v) is 7.12. The van der Waals surface area contributed by atoms with Crippen LogP contribution in [-0.2, 0) is 0 Å². The van der Waals surface area contributed by atoms with Crippen LogP contribution in [0.1, 0.15) is 13.8 Å². The van der Waals surface area contributed by atoms with Crippen LogP contribution in [0, 0.1) is 0 Å². The lowest BCUT2D eigenvalue weighted by Gasteiger charge is -2.07. The van der Waals surface area contributed by atoms with E-state index in [9.17, 15) is 4.79 Å². The maximum atomic E-state index is 11.8. The highest BCUT2D eigenvalue weighted by atomic mass is 16.2. The average molecular weight is 309 g/mol. The fourth-order valence-corrected chi connectivity index (χ4v) is 1.83. The Balaban J connectivity index is 1.97. The number of guanidine groups is 1. The zero-order chi connectivity index (χ0) is 16.7. The Hall–Kier alpha value is -3.15. The Kier molecular flexibility index (Phi) is 5.46. The van der Waals surface area contributed by atoms with Crippen molar-refractivity contribution in [1.29, 1.82) is 0 Å². The first kappa shape index (κ1) is 16.2. The predicted octanol–water partition coefficient (Wildman–Crippen LogP) is 3.19. The molecule has 0 aliphatic heterocycles. The predicted molar refractivity (Wildman–Crippen MR) is 94.4 cm³/mol. The summed E-state index contributed by atoms with van der Waals surface area (Å²) >= 11 is 0. The van der Waals surface area contributed by atoms with Crippen LogP contribution < -0.4 is 16.4 Å². The van der Waals surface area contributed by atoms with E-state index in [-0.39, 0.29) is 5.96 Å². The van der Waals surface area contributed by atoms with E-state index < -0.39 is 6.03 Å². The molecule has 0 bridgehead atoms. The van der Waals surface area contributed by atoms with Crippen LogP contribution in [0.5, 0.6) is 0 Å². The van der Waals surface area contributed by atoms with Crippen LogP contribution >= 0.6 is 0 Å². The summed E-state index contributed by atoms with van der Waals surface area (Å²) < 4.78 is 0. The average Bonchev–Trinajstić information content (AvgIpc) is 2.54. The van der Waals surface area contributed by atoms with Gasteiger partial charge in [-0.2, -0.15) is 5.10 Å². The number of anilines is 1. The molecule has 0 aliphatic rings. The highest BCUT2D eigenvalue weighted by molar-refractivity contribution is 6.02. The molecule has 0 aromatic heterocycles. The van der Waals surface area contributed by atoms with Crippen molar-refractivity contribution in [3.63, 3.8) is 0 Å². The Morgan fingerprint density at radius 2 is 1.52 bits per heavy atom. The minimum atomic E-state index is -0.470. The molecule has 2 aromatic rings. The Bertz CT molecular complexity index is 716. The van der Waals surface area contributed by atoms with E-state index in [0.29, 0.717) is 5.69 Å². The second kappa shape index (κ2) is 7.74. The van der Waals surface area contributed by atoms with Gasteiger partial charge < -0.3 is 11.1 Å². The third kappa shape index (κ3) is 5.28. The molecule has 0 unspecified atom stereocenters. The number of nitrogens with zero attached hydrogens (tertiary/aromatic N) is 2. The second-order valence-electron chi connectivity index (χ2n) is 5.05. The van der Waals surface area contributed by atoms with Crippen LogP contribution in [0.2, 0.25) is 0 Å². The third-order valence-corrected chi connectivity index (χ3v) is 2.85. The number of hydrogen-bond acceptors (Lipinski definition) is 3. The Morgan fingerprint density at radius 3 is 2.13 bits per heavy atom. The molecule has 0 saturated heterocycles. The van der Waals surface area contributed by atoms with Gasteiger partial charge in [-0.05, 0) is 37.1 Å². The molecule has 0 fully saturated rings. The fraction of sp³-hybridized carbons (Fsp3) is 0.118. The molecule has 0 heterocycles. The van der Waals surface area contributed by atoms with Gasteiger partial charge in [-0.1, -0.05) is 42.5 Å². The van der Waals surface area contributed by atoms with Crippen molar-refractivity contribution in [2.75, 3.05) is 5.32 Å². The van der Waals surface area contributed by atoms with Crippen molar-refractivity contribution in [1.82, 2.24) is 5.32 Å². The standard InChI is InChI=1S/C17H19N5O/c1-12(2)21-22-16(18)20-17(23)19-15-10-8-14(9-11-15)13-6-4-3-5-7-13/h3-11H,1-2H3,(H4,18,19,20,22,23). The van der Waals surface area contributed by atoms with Gasteiger partial charge in [-0.25, -0.2) is 4.79 Å². The van der Waals surface area contributed by atoms with Gasteiger partial charge in [-0.3, -0.25) is 5.32 Å². The second-order valence-corrected chi connectivity index (χ2v) is 5.05. The molecule has 0 radical (unpaired) electrons. The Labute approximate surface area is 135 Å². The number of carbonyl (C=O) groups is 1. The van der Waals surface area contributed by atoms with Crippen LogP contribution in [-0.4, -0.2) is 17.7 Å². The zero-order valence-corrected chi connectivity index (χ0v) is 13.1.